The molecule has 2 aromatic rings. The third kappa shape index (κ3) is 2.72. The van der Waals surface area contributed by atoms with Gasteiger partial charge in [0.05, 0.1) is 0 Å². The van der Waals surface area contributed by atoms with Crippen LogP contribution in [0.3, 0.4) is 0 Å². The minimum Gasteiger partial charge on any atom is -0.291 e. The maximum Gasteiger partial charge on any atom is 0.125 e. The summed E-state index contributed by atoms with van der Waals surface area (Å²) in [7, 11) is 0. The minimum atomic E-state index is -0.247. The Labute approximate surface area is 124 Å². The summed E-state index contributed by atoms with van der Waals surface area (Å²) in [4.78, 5) is 2.29. The molecule has 0 spiro atoms. The van der Waals surface area contributed by atoms with Crippen LogP contribution in [0.4, 0.5) is 4.39 Å². The van der Waals surface area contributed by atoms with Crippen molar-refractivity contribution >= 4 is 11.6 Å². The fourth-order valence-corrected chi connectivity index (χ4v) is 3.03. The monoisotopic (exact) mass is 289 g/mol. The Balaban J connectivity index is 1.73. The van der Waals surface area contributed by atoms with Gasteiger partial charge in [0.1, 0.15) is 5.82 Å². The van der Waals surface area contributed by atoms with Gasteiger partial charge >= 0.3 is 0 Å². The van der Waals surface area contributed by atoms with E-state index in [2.05, 4.69) is 36.1 Å². The third-order valence-electron chi connectivity index (χ3n) is 3.87. The number of rotatable bonds is 3. The first kappa shape index (κ1) is 13.6. The number of fused-ring (bicyclic) bond motifs is 1. The number of nitrogens with zero attached hydrogens (tertiary/aromatic N) is 1. The maximum absolute atomic E-state index is 13.4. The van der Waals surface area contributed by atoms with Crippen molar-refractivity contribution in [3.8, 4) is 0 Å². The van der Waals surface area contributed by atoms with Crippen LogP contribution in [0.1, 0.15) is 29.2 Å². The highest BCUT2D eigenvalue weighted by molar-refractivity contribution is 6.31. The van der Waals surface area contributed by atoms with E-state index < -0.39 is 0 Å². The van der Waals surface area contributed by atoms with Crippen molar-refractivity contribution in [2.24, 2.45) is 0 Å². The largest absolute Gasteiger partial charge is 0.291 e. The van der Waals surface area contributed by atoms with Crippen molar-refractivity contribution in [1.29, 1.82) is 0 Å². The molecule has 0 bridgehead atoms. The molecule has 0 saturated heterocycles. The zero-order chi connectivity index (χ0) is 14.1. The van der Waals surface area contributed by atoms with Gasteiger partial charge in [0.2, 0.25) is 0 Å². The van der Waals surface area contributed by atoms with Crippen molar-refractivity contribution in [2.75, 3.05) is 0 Å². The standard InChI is InChI=1S/C17H17ClFN/c1-2-12-3-5-13(6-4-12)9-20-10-14-7-15(19)8-17(18)16(14)11-20/h3-8H,2,9-11H2,1H3. The Kier molecular flexibility index (Phi) is 3.77. The van der Waals surface area contributed by atoms with Crippen LogP contribution in [-0.2, 0) is 26.1 Å². The average Bonchev–Trinajstić information content (AvgIpc) is 2.82. The van der Waals surface area contributed by atoms with E-state index in [0.717, 1.165) is 37.2 Å². The molecule has 0 N–H and O–H groups in total. The summed E-state index contributed by atoms with van der Waals surface area (Å²) >= 11 is 6.12. The van der Waals surface area contributed by atoms with Crippen LogP contribution in [-0.4, -0.2) is 4.90 Å². The summed E-state index contributed by atoms with van der Waals surface area (Å²) < 4.78 is 13.4. The number of hydrogen-bond donors (Lipinski definition) is 0. The highest BCUT2D eigenvalue weighted by atomic mass is 35.5. The maximum atomic E-state index is 13.4. The lowest BCUT2D eigenvalue weighted by atomic mass is 10.1. The Morgan fingerprint density at radius 2 is 1.80 bits per heavy atom. The normalized spacial score (nSPS) is 14.6. The van der Waals surface area contributed by atoms with E-state index in [1.54, 1.807) is 6.07 Å². The quantitative estimate of drug-likeness (QED) is 0.801. The molecule has 20 heavy (non-hydrogen) atoms. The zero-order valence-electron chi connectivity index (χ0n) is 11.5. The summed E-state index contributed by atoms with van der Waals surface area (Å²) in [5.74, 6) is -0.247. The predicted molar refractivity (Wildman–Crippen MR) is 80.2 cm³/mol. The van der Waals surface area contributed by atoms with Gasteiger partial charge in [-0.1, -0.05) is 42.8 Å². The number of benzene rings is 2. The lowest BCUT2D eigenvalue weighted by molar-refractivity contribution is 0.275. The van der Waals surface area contributed by atoms with Gasteiger partial charge < -0.3 is 0 Å². The van der Waals surface area contributed by atoms with Gasteiger partial charge in [0, 0.05) is 24.7 Å². The van der Waals surface area contributed by atoms with E-state index in [1.807, 2.05) is 0 Å². The summed E-state index contributed by atoms with van der Waals surface area (Å²) in [5, 5.41) is 0.545. The Bertz CT molecular complexity index is 622. The highest BCUT2D eigenvalue weighted by Crippen LogP contribution is 2.31. The minimum absolute atomic E-state index is 0.247. The summed E-state index contributed by atoms with van der Waals surface area (Å²) in [6, 6.07) is 11.7. The van der Waals surface area contributed by atoms with E-state index in [4.69, 9.17) is 11.6 Å². The average molecular weight is 290 g/mol. The summed E-state index contributed by atoms with van der Waals surface area (Å²) in [5.41, 5.74) is 4.72. The van der Waals surface area contributed by atoms with E-state index in [-0.39, 0.29) is 5.82 Å². The molecule has 3 heteroatoms. The lowest BCUT2D eigenvalue weighted by Crippen LogP contribution is -2.15. The van der Waals surface area contributed by atoms with Crippen molar-refractivity contribution < 1.29 is 4.39 Å². The van der Waals surface area contributed by atoms with Crippen LogP contribution < -0.4 is 0 Å². The predicted octanol–water partition coefficient (Wildman–Crippen LogP) is 4.56. The van der Waals surface area contributed by atoms with Crippen LogP contribution >= 0.6 is 11.6 Å². The number of hydrogen-bond acceptors (Lipinski definition) is 1. The molecule has 0 atom stereocenters. The number of halogens is 2. The van der Waals surface area contributed by atoms with Gasteiger partial charge in [0.15, 0.2) is 0 Å². The van der Waals surface area contributed by atoms with Crippen molar-refractivity contribution in [1.82, 2.24) is 4.90 Å². The Hall–Kier alpha value is -1.38. The van der Waals surface area contributed by atoms with Gasteiger partial charge in [-0.15, -0.1) is 0 Å². The van der Waals surface area contributed by atoms with Crippen LogP contribution in [0.25, 0.3) is 0 Å². The van der Waals surface area contributed by atoms with E-state index >= 15 is 0 Å². The van der Waals surface area contributed by atoms with Crippen LogP contribution in [0.2, 0.25) is 5.02 Å². The molecule has 1 heterocycles. The second-order valence-electron chi connectivity index (χ2n) is 5.34. The van der Waals surface area contributed by atoms with Crippen molar-refractivity contribution in [3.05, 3.63) is 69.5 Å². The first-order valence-corrected chi connectivity index (χ1v) is 7.30. The van der Waals surface area contributed by atoms with Gasteiger partial charge in [-0.2, -0.15) is 0 Å². The second-order valence-corrected chi connectivity index (χ2v) is 5.75. The van der Waals surface area contributed by atoms with Crippen molar-refractivity contribution in [2.45, 2.75) is 33.0 Å². The van der Waals surface area contributed by atoms with E-state index in [0.29, 0.717) is 5.02 Å². The molecule has 0 unspecified atom stereocenters. The topological polar surface area (TPSA) is 3.24 Å². The molecular weight excluding hydrogens is 273 g/mol. The zero-order valence-corrected chi connectivity index (χ0v) is 12.3. The molecule has 0 amide bonds. The van der Waals surface area contributed by atoms with E-state index in [1.165, 1.54) is 17.2 Å². The first-order valence-electron chi connectivity index (χ1n) is 6.92. The SMILES string of the molecule is CCc1ccc(CN2Cc3cc(F)cc(Cl)c3C2)cc1. The molecule has 0 aromatic heterocycles. The lowest BCUT2D eigenvalue weighted by Gasteiger charge is -2.15. The van der Waals surface area contributed by atoms with E-state index in [9.17, 15) is 4.39 Å². The second kappa shape index (κ2) is 5.55. The van der Waals surface area contributed by atoms with Crippen LogP contribution in [0, 0.1) is 5.82 Å². The van der Waals surface area contributed by atoms with Gasteiger partial charge in [-0.3, -0.25) is 4.90 Å². The third-order valence-corrected chi connectivity index (χ3v) is 4.20. The Morgan fingerprint density at radius 3 is 2.50 bits per heavy atom. The van der Waals surface area contributed by atoms with Crippen molar-refractivity contribution in [3.63, 3.8) is 0 Å². The summed E-state index contributed by atoms with van der Waals surface area (Å²) in [6.07, 6.45) is 1.06. The Morgan fingerprint density at radius 1 is 1.10 bits per heavy atom. The molecule has 1 nitrogen and oxygen atoms in total. The number of aryl methyl sites for hydroxylation is 1. The molecule has 0 fully saturated rings. The molecule has 0 aliphatic carbocycles. The smallest absolute Gasteiger partial charge is 0.125 e. The molecule has 3 rings (SSSR count). The van der Waals surface area contributed by atoms with Gasteiger partial charge in [-0.25, -0.2) is 4.39 Å². The fraction of sp³-hybridized carbons (Fsp3) is 0.294. The fourth-order valence-electron chi connectivity index (χ4n) is 2.75. The van der Waals surface area contributed by atoms with Crippen LogP contribution in [0.5, 0.6) is 0 Å². The summed E-state index contributed by atoms with van der Waals surface area (Å²) in [6.45, 7) is 4.59. The molecule has 1 aliphatic rings. The molecule has 0 radical (unpaired) electrons. The molecular formula is C17H17ClFN. The van der Waals surface area contributed by atoms with Gasteiger partial charge in [-0.05, 0) is 40.8 Å². The highest BCUT2D eigenvalue weighted by Gasteiger charge is 2.22. The van der Waals surface area contributed by atoms with Gasteiger partial charge in [0.25, 0.3) is 0 Å². The first-order chi connectivity index (χ1) is 9.65. The van der Waals surface area contributed by atoms with Crippen LogP contribution in [0.15, 0.2) is 36.4 Å². The molecule has 104 valence electrons. The molecule has 2 aromatic carbocycles. The molecule has 0 saturated carbocycles. The molecule has 1 aliphatic heterocycles.